The van der Waals surface area contributed by atoms with Crippen LogP contribution in [0.25, 0.3) is 0 Å². The Bertz CT molecular complexity index is 696. The number of esters is 2. The monoisotopic (exact) mass is 424 g/mol. The SMILES string of the molecule is C=C(C(=O)OC)[C@@H]1CC[C@@](C)(O)[C@@H]2CC[C@](C)(O2)[C@@H](OC(C)=O)C/C=C(/C)[C@H](O)C1. The Morgan fingerprint density at radius 1 is 1.27 bits per heavy atom. The molecule has 7 nitrogen and oxygen atoms in total. The van der Waals surface area contributed by atoms with Gasteiger partial charge in [-0.25, -0.2) is 4.79 Å². The fourth-order valence-electron chi connectivity index (χ4n) is 4.40. The van der Waals surface area contributed by atoms with E-state index in [0.717, 1.165) is 5.57 Å². The van der Waals surface area contributed by atoms with Crippen LogP contribution >= 0.6 is 0 Å². The first kappa shape index (κ1) is 24.6. The second-order valence-electron chi connectivity index (χ2n) is 9.10. The number of carbonyl (C=O) groups is 2. The van der Waals surface area contributed by atoms with Gasteiger partial charge >= 0.3 is 11.9 Å². The van der Waals surface area contributed by atoms with Crippen LogP contribution in [0.4, 0.5) is 0 Å². The van der Waals surface area contributed by atoms with Gasteiger partial charge in [0.25, 0.3) is 0 Å². The number of aliphatic hydroxyl groups excluding tert-OH is 1. The van der Waals surface area contributed by atoms with Gasteiger partial charge in [-0.1, -0.05) is 12.7 Å². The number of fused-ring (bicyclic) bond motifs is 2. The molecule has 2 rings (SSSR count). The average Bonchev–Trinajstić information content (AvgIpc) is 3.10. The Kier molecular flexibility index (Phi) is 7.88. The molecule has 0 aliphatic carbocycles. The number of aliphatic hydroxyl groups is 2. The highest BCUT2D eigenvalue weighted by molar-refractivity contribution is 5.88. The van der Waals surface area contributed by atoms with Crippen molar-refractivity contribution in [2.75, 3.05) is 7.11 Å². The number of hydrogen-bond donors (Lipinski definition) is 2. The summed E-state index contributed by atoms with van der Waals surface area (Å²) in [6, 6.07) is 0. The number of rotatable bonds is 3. The van der Waals surface area contributed by atoms with Crippen molar-refractivity contribution >= 4 is 11.9 Å². The molecule has 0 spiro atoms. The summed E-state index contributed by atoms with van der Waals surface area (Å²) in [4.78, 5) is 23.7. The van der Waals surface area contributed by atoms with Crippen LogP contribution in [0, 0.1) is 5.92 Å². The molecular formula is C23H36O7. The van der Waals surface area contributed by atoms with Crippen molar-refractivity contribution in [2.24, 2.45) is 5.92 Å². The number of carbonyl (C=O) groups excluding carboxylic acids is 2. The zero-order valence-electron chi connectivity index (χ0n) is 18.8. The highest BCUT2D eigenvalue weighted by Crippen LogP contribution is 2.42. The maximum absolute atomic E-state index is 12.1. The molecule has 0 unspecified atom stereocenters. The van der Waals surface area contributed by atoms with Crippen LogP contribution in [0.3, 0.4) is 0 Å². The zero-order chi connectivity index (χ0) is 22.7. The standard InChI is InChI=1S/C23H36O7/c1-14-7-8-20(29-16(3)24)23(5)12-10-19(30-23)22(4,27)11-9-17(13-18(14)25)15(2)21(26)28-6/h7,17-20,25,27H,2,8-13H2,1,3-6H3/b14-7-/t17-,18-,19+,20+,22-,23+/m1/s1. The van der Waals surface area contributed by atoms with Gasteiger partial charge in [0.15, 0.2) is 0 Å². The third-order valence-electron chi connectivity index (χ3n) is 6.62. The van der Waals surface area contributed by atoms with Crippen LogP contribution in [0.1, 0.15) is 66.2 Å². The zero-order valence-corrected chi connectivity index (χ0v) is 18.8. The lowest BCUT2D eigenvalue weighted by Crippen LogP contribution is -2.46. The van der Waals surface area contributed by atoms with E-state index in [1.807, 2.05) is 19.9 Å². The Hall–Kier alpha value is -1.70. The summed E-state index contributed by atoms with van der Waals surface area (Å²) in [5.41, 5.74) is -0.872. The fourth-order valence-corrected chi connectivity index (χ4v) is 4.40. The summed E-state index contributed by atoms with van der Waals surface area (Å²) in [6.07, 6.45) is 2.86. The van der Waals surface area contributed by atoms with Crippen LogP contribution in [0.5, 0.6) is 0 Å². The molecule has 170 valence electrons. The molecule has 7 heteroatoms. The van der Waals surface area contributed by atoms with E-state index in [1.54, 1.807) is 6.92 Å². The van der Waals surface area contributed by atoms with Crippen molar-refractivity contribution in [2.45, 2.75) is 95.7 Å². The molecule has 2 heterocycles. The van der Waals surface area contributed by atoms with E-state index in [2.05, 4.69) is 6.58 Å². The van der Waals surface area contributed by atoms with Crippen molar-refractivity contribution in [3.05, 3.63) is 23.8 Å². The van der Waals surface area contributed by atoms with E-state index >= 15 is 0 Å². The third kappa shape index (κ3) is 5.71. The quantitative estimate of drug-likeness (QED) is 0.408. The van der Waals surface area contributed by atoms with Crippen LogP contribution in [0.15, 0.2) is 23.8 Å². The van der Waals surface area contributed by atoms with Gasteiger partial charge in [-0.2, -0.15) is 0 Å². The van der Waals surface area contributed by atoms with Crippen LogP contribution in [-0.2, 0) is 23.8 Å². The molecule has 30 heavy (non-hydrogen) atoms. The van der Waals surface area contributed by atoms with E-state index in [4.69, 9.17) is 14.2 Å². The maximum Gasteiger partial charge on any atom is 0.333 e. The summed E-state index contributed by atoms with van der Waals surface area (Å²) in [5.74, 6) is -1.26. The fraction of sp³-hybridized carbons (Fsp3) is 0.739. The van der Waals surface area contributed by atoms with Crippen LogP contribution in [-0.4, -0.2) is 58.8 Å². The van der Waals surface area contributed by atoms with E-state index in [-0.39, 0.29) is 17.9 Å². The predicted molar refractivity (Wildman–Crippen MR) is 112 cm³/mol. The number of ether oxygens (including phenoxy) is 3. The molecule has 2 bridgehead atoms. The summed E-state index contributed by atoms with van der Waals surface area (Å²) < 4.78 is 16.7. The second kappa shape index (κ2) is 9.62. The largest absolute Gasteiger partial charge is 0.466 e. The molecule has 2 aliphatic rings. The Balaban J connectivity index is 2.38. The molecular weight excluding hydrogens is 388 g/mol. The number of methoxy groups -OCH3 is 1. The van der Waals surface area contributed by atoms with Gasteiger partial charge in [-0.15, -0.1) is 0 Å². The lowest BCUT2D eigenvalue weighted by atomic mass is 9.81. The highest BCUT2D eigenvalue weighted by Gasteiger charge is 2.49. The first-order valence-corrected chi connectivity index (χ1v) is 10.6. The summed E-state index contributed by atoms with van der Waals surface area (Å²) in [5, 5.41) is 21.9. The van der Waals surface area contributed by atoms with Gasteiger partial charge in [0.05, 0.1) is 24.9 Å². The van der Waals surface area contributed by atoms with Crippen LogP contribution < -0.4 is 0 Å². The van der Waals surface area contributed by atoms with E-state index in [1.165, 1.54) is 14.0 Å². The minimum atomic E-state index is -1.14. The lowest BCUT2D eigenvalue weighted by Gasteiger charge is -2.36. The molecule has 0 aromatic heterocycles. The molecule has 2 aliphatic heterocycles. The second-order valence-corrected chi connectivity index (χ2v) is 9.10. The topological polar surface area (TPSA) is 102 Å². The van der Waals surface area contributed by atoms with Crippen molar-refractivity contribution in [1.82, 2.24) is 0 Å². The molecule has 0 amide bonds. The summed E-state index contributed by atoms with van der Waals surface area (Å²) >= 11 is 0. The average molecular weight is 425 g/mol. The van der Waals surface area contributed by atoms with E-state index in [9.17, 15) is 19.8 Å². The van der Waals surface area contributed by atoms with Crippen molar-refractivity contribution in [3.63, 3.8) is 0 Å². The highest BCUT2D eigenvalue weighted by atomic mass is 16.6. The number of hydrogen-bond acceptors (Lipinski definition) is 7. The lowest BCUT2D eigenvalue weighted by molar-refractivity contribution is -0.182. The van der Waals surface area contributed by atoms with Crippen molar-refractivity contribution in [3.8, 4) is 0 Å². The van der Waals surface area contributed by atoms with Gasteiger partial charge in [0, 0.05) is 18.9 Å². The van der Waals surface area contributed by atoms with E-state index < -0.39 is 41.5 Å². The van der Waals surface area contributed by atoms with Gasteiger partial charge in [0.2, 0.25) is 0 Å². The minimum Gasteiger partial charge on any atom is -0.466 e. The van der Waals surface area contributed by atoms with Gasteiger partial charge in [-0.05, 0) is 64.4 Å². The van der Waals surface area contributed by atoms with E-state index in [0.29, 0.717) is 32.1 Å². The predicted octanol–water partition coefficient (Wildman–Crippen LogP) is 2.83. The Labute approximate surface area is 179 Å². The molecule has 1 fully saturated rings. The van der Waals surface area contributed by atoms with Crippen molar-refractivity contribution in [1.29, 1.82) is 0 Å². The first-order valence-electron chi connectivity index (χ1n) is 10.6. The Morgan fingerprint density at radius 3 is 2.53 bits per heavy atom. The third-order valence-corrected chi connectivity index (χ3v) is 6.62. The summed E-state index contributed by atoms with van der Waals surface area (Å²) in [7, 11) is 1.30. The molecule has 0 aromatic rings. The Morgan fingerprint density at radius 2 is 1.93 bits per heavy atom. The first-order chi connectivity index (χ1) is 13.9. The smallest absolute Gasteiger partial charge is 0.333 e. The van der Waals surface area contributed by atoms with Gasteiger partial charge in [0.1, 0.15) is 11.7 Å². The normalized spacial score (nSPS) is 39.5. The molecule has 1 saturated heterocycles. The molecule has 0 saturated carbocycles. The minimum absolute atomic E-state index is 0.282. The molecule has 0 aromatic carbocycles. The van der Waals surface area contributed by atoms with Crippen molar-refractivity contribution < 1.29 is 34.0 Å². The molecule has 0 radical (unpaired) electrons. The maximum atomic E-state index is 12.1. The van der Waals surface area contributed by atoms with Gasteiger partial charge < -0.3 is 24.4 Å². The van der Waals surface area contributed by atoms with Crippen LogP contribution in [0.2, 0.25) is 0 Å². The molecule has 6 atom stereocenters. The van der Waals surface area contributed by atoms with Gasteiger partial charge in [-0.3, -0.25) is 4.79 Å². The summed E-state index contributed by atoms with van der Waals surface area (Å²) in [6.45, 7) is 10.7. The molecule has 2 N–H and O–H groups in total.